The largest absolute Gasteiger partial charge is 0.336 e. The van der Waals surface area contributed by atoms with Crippen LogP contribution in [0.3, 0.4) is 0 Å². The number of rotatable bonds is 2. The number of hydrogen-bond donors (Lipinski definition) is 0. The minimum atomic E-state index is 0.187. The third-order valence-corrected chi connectivity index (χ3v) is 5.66. The zero-order valence-electron chi connectivity index (χ0n) is 14.6. The average molecular weight is 323 g/mol. The van der Waals surface area contributed by atoms with Gasteiger partial charge < -0.3 is 4.90 Å². The molecule has 126 valence electrons. The molecular formula is C20H25N3O. The van der Waals surface area contributed by atoms with Gasteiger partial charge in [0.05, 0.1) is 11.1 Å². The van der Waals surface area contributed by atoms with Gasteiger partial charge in [0.1, 0.15) is 0 Å². The van der Waals surface area contributed by atoms with Crippen molar-refractivity contribution >= 4 is 16.8 Å². The summed E-state index contributed by atoms with van der Waals surface area (Å²) in [6, 6.07) is 8.60. The van der Waals surface area contributed by atoms with E-state index in [4.69, 9.17) is 4.98 Å². The van der Waals surface area contributed by atoms with E-state index in [-0.39, 0.29) is 5.91 Å². The fourth-order valence-corrected chi connectivity index (χ4v) is 4.31. The topological polar surface area (TPSA) is 36.4 Å². The highest BCUT2D eigenvalue weighted by molar-refractivity contribution is 6.07. The van der Waals surface area contributed by atoms with Crippen molar-refractivity contribution in [2.75, 3.05) is 26.2 Å². The molecule has 4 nitrogen and oxygen atoms in total. The summed E-state index contributed by atoms with van der Waals surface area (Å²) >= 11 is 0. The summed E-state index contributed by atoms with van der Waals surface area (Å²) in [5.41, 5.74) is 3.89. The van der Waals surface area contributed by atoms with Gasteiger partial charge in [-0.05, 0) is 44.4 Å². The van der Waals surface area contributed by atoms with Crippen molar-refractivity contribution in [3.63, 3.8) is 0 Å². The van der Waals surface area contributed by atoms with Gasteiger partial charge in [-0.2, -0.15) is 0 Å². The highest BCUT2D eigenvalue weighted by atomic mass is 16.2. The van der Waals surface area contributed by atoms with Gasteiger partial charge in [0.2, 0.25) is 0 Å². The van der Waals surface area contributed by atoms with Gasteiger partial charge in [-0.3, -0.25) is 14.7 Å². The Morgan fingerprint density at radius 3 is 2.92 bits per heavy atom. The molecule has 0 saturated carbocycles. The van der Waals surface area contributed by atoms with Crippen molar-refractivity contribution in [3.05, 3.63) is 41.1 Å². The van der Waals surface area contributed by atoms with Crippen molar-refractivity contribution in [3.8, 4) is 0 Å². The Morgan fingerprint density at radius 2 is 2.08 bits per heavy atom. The van der Waals surface area contributed by atoms with Gasteiger partial charge in [0.25, 0.3) is 5.91 Å². The molecule has 0 aliphatic carbocycles. The first-order chi connectivity index (χ1) is 11.7. The number of nitrogens with zero attached hydrogens (tertiary/aromatic N) is 3. The minimum Gasteiger partial charge on any atom is -0.336 e. The lowest BCUT2D eigenvalue weighted by molar-refractivity contribution is 0.0572. The lowest BCUT2D eigenvalue weighted by atomic mass is 9.98. The first-order valence-corrected chi connectivity index (χ1v) is 9.10. The van der Waals surface area contributed by atoms with Crippen LogP contribution in [0.1, 0.15) is 41.4 Å². The summed E-state index contributed by atoms with van der Waals surface area (Å²) in [5, 5.41) is 0.992. The summed E-state index contributed by atoms with van der Waals surface area (Å²) in [6.07, 6.45) is 3.34. The Kier molecular flexibility index (Phi) is 4.01. The first kappa shape index (κ1) is 15.6. The molecule has 2 aliphatic heterocycles. The second kappa shape index (κ2) is 6.17. The van der Waals surface area contributed by atoms with Crippen molar-refractivity contribution in [2.24, 2.45) is 0 Å². The van der Waals surface area contributed by atoms with Crippen LogP contribution in [0.5, 0.6) is 0 Å². The number of aryl methyl sites for hydroxylation is 1. The SMILES string of the molecule is CCc1nc2ccccc2c(C(=O)N2CCN3CCCC3C2)c1C. The summed E-state index contributed by atoms with van der Waals surface area (Å²) in [7, 11) is 0. The van der Waals surface area contributed by atoms with Crippen LogP contribution in [-0.4, -0.2) is 52.9 Å². The highest BCUT2D eigenvalue weighted by Gasteiger charge is 2.33. The van der Waals surface area contributed by atoms with Crippen LogP contribution in [0.15, 0.2) is 24.3 Å². The number of benzene rings is 1. The van der Waals surface area contributed by atoms with Crippen molar-refractivity contribution in [2.45, 2.75) is 39.2 Å². The molecule has 0 spiro atoms. The molecule has 3 heterocycles. The third-order valence-electron chi connectivity index (χ3n) is 5.66. The number of carbonyl (C=O) groups is 1. The summed E-state index contributed by atoms with van der Waals surface area (Å²) in [6.45, 7) is 8.08. The van der Waals surface area contributed by atoms with Crippen LogP contribution in [0.2, 0.25) is 0 Å². The van der Waals surface area contributed by atoms with Crippen molar-refractivity contribution in [1.82, 2.24) is 14.8 Å². The maximum Gasteiger partial charge on any atom is 0.254 e. The second-order valence-electron chi connectivity index (χ2n) is 7.01. The summed E-state index contributed by atoms with van der Waals surface area (Å²) in [5.74, 6) is 0.187. The molecule has 24 heavy (non-hydrogen) atoms. The zero-order valence-corrected chi connectivity index (χ0v) is 14.6. The van der Waals surface area contributed by atoms with E-state index < -0.39 is 0 Å². The second-order valence-corrected chi connectivity index (χ2v) is 7.01. The fraction of sp³-hybridized carbons (Fsp3) is 0.500. The standard InChI is InChI=1S/C20H25N3O/c1-3-17-14(2)19(16-8-4-5-9-18(16)21-17)20(24)23-12-11-22-10-6-7-15(22)13-23/h4-5,8-9,15H,3,6-7,10-13H2,1-2H3. The summed E-state index contributed by atoms with van der Waals surface area (Å²) < 4.78 is 0. The van der Waals surface area contributed by atoms with E-state index in [1.807, 2.05) is 24.3 Å². The number of aromatic nitrogens is 1. The normalized spacial score (nSPS) is 21.2. The van der Waals surface area contributed by atoms with Crippen LogP contribution in [0.25, 0.3) is 10.9 Å². The molecule has 4 rings (SSSR count). The smallest absolute Gasteiger partial charge is 0.254 e. The predicted molar refractivity (Wildman–Crippen MR) is 96.4 cm³/mol. The van der Waals surface area contributed by atoms with Gasteiger partial charge in [-0.25, -0.2) is 0 Å². The zero-order chi connectivity index (χ0) is 16.7. The molecule has 1 atom stereocenters. The van der Waals surface area contributed by atoms with Crippen LogP contribution in [-0.2, 0) is 6.42 Å². The Hall–Kier alpha value is -1.94. The number of para-hydroxylation sites is 1. The summed E-state index contributed by atoms with van der Waals surface area (Å²) in [4.78, 5) is 22.7. The Balaban J connectivity index is 1.75. The van der Waals surface area contributed by atoms with Gasteiger partial charge in [-0.15, -0.1) is 0 Å². The highest BCUT2D eigenvalue weighted by Crippen LogP contribution is 2.27. The van der Waals surface area contributed by atoms with E-state index in [1.165, 1.54) is 19.4 Å². The van der Waals surface area contributed by atoms with Gasteiger partial charge in [0.15, 0.2) is 0 Å². The van der Waals surface area contributed by atoms with E-state index in [0.29, 0.717) is 6.04 Å². The van der Waals surface area contributed by atoms with Crippen LogP contribution in [0.4, 0.5) is 0 Å². The van der Waals surface area contributed by atoms with Crippen LogP contribution < -0.4 is 0 Å². The third kappa shape index (κ3) is 2.49. The van der Waals surface area contributed by atoms with Gasteiger partial charge in [0, 0.05) is 36.8 Å². The molecule has 4 heteroatoms. The molecule has 0 bridgehead atoms. The van der Waals surface area contributed by atoms with E-state index >= 15 is 0 Å². The number of piperazine rings is 1. The van der Waals surface area contributed by atoms with Crippen molar-refractivity contribution in [1.29, 1.82) is 0 Å². The van der Waals surface area contributed by atoms with E-state index in [1.54, 1.807) is 0 Å². The molecule has 1 aromatic heterocycles. The van der Waals surface area contributed by atoms with E-state index in [2.05, 4.69) is 23.6 Å². The molecular weight excluding hydrogens is 298 g/mol. The number of fused-ring (bicyclic) bond motifs is 2. The molecule has 0 radical (unpaired) electrons. The van der Waals surface area contributed by atoms with Crippen molar-refractivity contribution < 1.29 is 4.79 Å². The Morgan fingerprint density at radius 1 is 1.25 bits per heavy atom. The minimum absolute atomic E-state index is 0.187. The molecule has 2 aliphatic rings. The Labute approximate surface area is 143 Å². The maximum atomic E-state index is 13.4. The number of carbonyl (C=O) groups excluding carboxylic acids is 1. The Bertz CT molecular complexity index is 786. The van der Waals surface area contributed by atoms with E-state index in [9.17, 15) is 4.79 Å². The number of hydrogen-bond acceptors (Lipinski definition) is 3. The number of pyridine rings is 1. The lowest BCUT2D eigenvalue weighted by Crippen LogP contribution is -2.52. The lowest BCUT2D eigenvalue weighted by Gasteiger charge is -2.38. The maximum absolute atomic E-state index is 13.4. The molecule has 0 N–H and O–H groups in total. The van der Waals surface area contributed by atoms with Crippen LogP contribution in [0, 0.1) is 6.92 Å². The predicted octanol–water partition coefficient (Wildman–Crippen LogP) is 3.03. The monoisotopic (exact) mass is 323 g/mol. The quantitative estimate of drug-likeness (QED) is 0.852. The first-order valence-electron chi connectivity index (χ1n) is 9.10. The molecule has 2 saturated heterocycles. The van der Waals surface area contributed by atoms with E-state index in [0.717, 1.165) is 53.8 Å². The number of amides is 1. The molecule has 1 unspecified atom stereocenters. The fourth-order valence-electron chi connectivity index (χ4n) is 4.31. The molecule has 2 fully saturated rings. The van der Waals surface area contributed by atoms with Gasteiger partial charge in [-0.1, -0.05) is 25.1 Å². The average Bonchev–Trinajstić information content (AvgIpc) is 3.08. The van der Waals surface area contributed by atoms with Gasteiger partial charge >= 0.3 is 0 Å². The molecule has 2 aromatic rings. The molecule has 1 amide bonds. The van der Waals surface area contributed by atoms with Crippen LogP contribution >= 0.6 is 0 Å². The molecule has 1 aromatic carbocycles.